The van der Waals surface area contributed by atoms with Crippen molar-refractivity contribution in [3.8, 4) is 0 Å². The van der Waals surface area contributed by atoms with E-state index in [9.17, 15) is 9.18 Å². The van der Waals surface area contributed by atoms with E-state index in [0.29, 0.717) is 18.9 Å². The zero-order valence-corrected chi connectivity index (χ0v) is 19.1. The number of amides is 1. The van der Waals surface area contributed by atoms with Gasteiger partial charge in [0.15, 0.2) is 5.82 Å². The van der Waals surface area contributed by atoms with Crippen LogP contribution in [-0.2, 0) is 4.74 Å². The van der Waals surface area contributed by atoms with Crippen LogP contribution in [0.15, 0.2) is 42.7 Å². The quantitative estimate of drug-likeness (QED) is 0.502. The van der Waals surface area contributed by atoms with E-state index in [-0.39, 0.29) is 22.7 Å². The number of carbonyl (C=O) groups excluding carboxylic acids is 1. The Morgan fingerprint density at radius 2 is 2.06 bits per heavy atom. The SMILES string of the molecule is CC(C)(C)OC(=O)N1CCC[C@@H](c2ccc3ncnc(Nc4cccc(Cl)c4F)c3c2)C1. The van der Waals surface area contributed by atoms with E-state index in [1.165, 1.54) is 12.4 Å². The molecule has 1 aromatic heterocycles. The average Bonchev–Trinajstić information content (AvgIpc) is 2.76. The lowest BCUT2D eigenvalue weighted by atomic mass is 9.90. The predicted molar refractivity (Wildman–Crippen MR) is 124 cm³/mol. The van der Waals surface area contributed by atoms with Crippen LogP contribution < -0.4 is 5.32 Å². The van der Waals surface area contributed by atoms with Gasteiger partial charge in [-0.2, -0.15) is 0 Å². The van der Waals surface area contributed by atoms with Gasteiger partial charge in [0, 0.05) is 24.4 Å². The number of carbonyl (C=O) groups is 1. The van der Waals surface area contributed by atoms with Crippen LogP contribution in [0.1, 0.15) is 45.1 Å². The molecule has 0 bridgehead atoms. The Morgan fingerprint density at radius 3 is 2.84 bits per heavy atom. The highest BCUT2D eigenvalue weighted by atomic mass is 35.5. The van der Waals surface area contributed by atoms with Gasteiger partial charge in [0.2, 0.25) is 0 Å². The Labute approximate surface area is 191 Å². The summed E-state index contributed by atoms with van der Waals surface area (Å²) in [5.41, 5.74) is 1.54. The molecule has 3 aromatic rings. The smallest absolute Gasteiger partial charge is 0.410 e. The van der Waals surface area contributed by atoms with Gasteiger partial charge >= 0.3 is 6.09 Å². The third-order valence-electron chi connectivity index (χ3n) is 5.41. The Kier molecular flexibility index (Phi) is 6.20. The van der Waals surface area contributed by atoms with Crippen molar-refractivity contribution < 1.29 is 13.9 Å². The molecule has 8 heteroatoms. The number of fused-ring (bicyclic) bond motifs is 1. The molecule has 2 heterocycles. The Hall–Kier alpha value is -2.93. The second-order valence-corrected chi connectivity index (χ2v) is 9.40. The van der Waals surface area contributed by atoms with Crippen LogP contribution in [0.2, 0.25) is 5.02 Å². The molecule has 1 saturated heterocycles. The molecule has 1 atom stereocenters. The first-order valence-electron chi connectivity index (χ1n) is 10.6. The molecule has 1 amide bonds. The molecule has 1 fully saturated rings. The number of halogens is 2. The summed E-state index contributed by atoms with van der Waals surface area (Å²) in [4.78, 5) is 23.0. The number of benzene rings is 2. The van der Waals surface area contributed by atoms with Crippen molar-refractivity contribution in [2.45, 2.75) is 45.1 Å². The van der Waals surface area contributed by atoms with E-state index in [2.05, 4.69) is 15.3 Å². The van der Waals surface area contributed by atoms with Crippen LogP contribution in [0.5, 0.6) is 0 Å². The minimum atomic E-state index is -0.530. The Balaban J connectivity index is 1.61. The van der Waals surface area contributed by atoms with E-state index >= 15 is 0 Å². The molecular formula is C24H26ClFN4O2. The lowest BCUT2D eigenvalue weighted by molar-refractivity contribution is 0.0198. The summed E-state index contributed by atoms with van der Waals surface area (Å²) in [6.45, 7) is 6.87. The van der Waals surface area contributed by atoms with E-state index in [4.69, 9.17) is 16.3 Å². The maximum Gasteiger partial charge on any atom is 0.410 e. The van der Waals surface area contributed by atoms with Gasteiger partial charge in [-0.1, -0.05) is 23.7 Å². The fourth-order valence-corrected chi connectivity index (χ4v) is 4.07. The monoisotopic (exact) mass is 456 g/mol. The second kappa shape index (κ2) is 8.90. The summed E-state index contributed by atoms with van der Waals surface area (Å²) in [6, 6.07) is 10.8. The van der Waals surface area contributed by atoms with E-state index < -0.39 is 11.4 Å². The van der Waals surface area contributed by atoms with Gasteiger partial charge in [-0.25, -0.2) is 19.2 Å². The summed E-state index contributed by atoms with van der Waals surface area (Å²) in [6.07, 6.45) is 3.01. The zero-order valence-electron chi connectivity index (χ0n) is 18.4. The molecule has 0 spiro atoms. The van der Waals surface area contributed by atoms with Gasteiger partial charge in [-0.15, -0.1) is 0 Å². The first-order chi connectivity index (χ1) is 15.2. The largest absolute Gasteiger partial charge is 0.444 e. The van der Waals surface area contributed by atoms with Crippen LogP contribution in [0.4, 0.5) is 20.7 Å². The first kappa shape index (κ1) is 22.3. The molecule has 1 aliphatic heterocycles. The Bertz CT molecular complexity index is 1150. The summed E-state index contributed by atoms with van der Waals surface area (Å²) in [7, 11) is 0. The molecule has 0 unspecified atom stereocenters. The van der Waals surface area contributed by atoms with Crippen molar-refractivity contribution in [3.63, 3.8) is 0 Å². The number of hydrogen-bond donors (Lipinski definition) is 1. The number of nitrogens with one attached hydrogen (secondary N) is 1. The van der Waals surface area contributed by atoms with Crippen molar-refractivity contribution in [3.05, 3.63) is 59.1 Å². The number of aromatic nitrogens is 2. The fraction of sp³-hybridized carbons (Fsp3) is 0.375. The second-order valence-electron chi connectivity index (χ2n) is 8.99. The lowest BCUT2D eigenvalue weighted by Gasteiger charge is -2.34. The summed E-state index contributed by atoms with van der Waals surface area (Å²) in [5.74, 6) is 0.131. The maximum atomic E-state index is 14.4. The van der Waals surface area contributed by atoms with Gasteiger partial charge in [-0.3, -0.25) is 0 Å². The molecule has 0 saturated carbocycles. The van der Waals surface area contributed by atoms with Crippen LogP contribution in [0.3, 0.4) is 0 Å². The summed E-state index contributed by atoms with van der Waals surface area (Å²) < 4.78 is 20.0. The Morgan fingerprint density at radius 1 is 1.25 bits per heavy atom. The molecule has 2 aromatic carbocycles. The van der Waals surface area contributed by atoms with Crippen LogP contribution in [0.25, 0.3) is 10.9 Å². The molecule has 168 valence electrons. The highest BCUT2D eigenvalue weighted by molar-refractivity contribution is 6.31. The van der Waals surface area contributed by atoms with Crippen molar-refractivity contribution in [1.29, 1.82) is 0 Å². The molecule has 6 nitrogen and oxygen atoms in total. The number of rotatable bonds is 3. The molecule has 0 radical (unpaired) electrons. The highest BCUT2D eigenvalue weighted by Gasteiger charge is 2.28. The minimum absolute atomic E-state index is 0.0403. The zero-order chi connectivity index (χ0) is 22.9. The van der Waals surface area contributed by atoms with E-state index in [0.717, 1.165) is 29.3 Å². The van der Waals surface area contributed by atoms with Crippen molar-refractivity contribution in [2.75, 3.05) is 18.4 Å². The predicted octanol–water partition coefficient (Wildman–Crippen LogP) is 6.28. The van der Waals surface area contributed by atoms with Crippen molar-refractivity contribution in [1.82, 2.24) is 14.9 Å². The van der Waals surface area contributed by atoms with Crippen LogP contribution >= 0.6 is 11.6 Å². The number of anilines is 2. The van der Waals surface area contributed by atoms with Crippen molar-refractivity contribution >= 4 is 40.1 Å². The number of nitrogens with zero attached hydrogens (tertiary/aromatic N) is 3. The lowest BCUT2D eigenvalue weighted by Crippen LogP contribution is -2.42. The minimum Gasteiger partial charge on any atom is -0.444 e. The van der Waals surface area contributed by atoms with Crippen LogP contribution in [-0.4, -0.2) is 39.7 Å². The number of likely N-dealkylation sites (tertiary alicyclic amines) is 1. The maximum absolute atomic E-state index is 14.4. The molecule has 1 N–H and O–H groups in total. The average molecular weight is 457 g/mol. The molecule has 1 aliphatic rings. The van der Waals surface area contributed by atoms with Gasteiger partial charge < -0.3 is 15.0 Å². The van der Waals surface area contributed by atoms with Gasteiger partial charge in [-0.05, 0) is 63.4 Å². The topological polar surface area (TPSA) is 67.3 Å². The number of ether oxygens (including phenoxy) is 1. The number of piperidine rings is 1. The summed E-state index contributed by atoms with van der Waals surface area (Å²) >= 11 is 5.91. The fourth-order valence-electron chi connectivity index (χ4n) is 3.90. The normalized spacial score (nSPS) is 16.8. The van der Waals surface area contributed by atoms with Gasteiger partial charge in [0.25, 0.3) is 0 Å². The number of hydrogen-bond acceptors (Lipinski definition) is 5. The third kappa shape index (κ3) is 4.93. The summed E-state index contributed by atoms with van der Waals surface area (Å²) in [5, 5.41) is 3.86. The molecular weight excluding hydrogens is 431 g/mol. The van der Waals surface area contributed by atoms with Crippen LogP contribution in [0, 0.1) is 5.82 Å². The third-order valence-corrected chi connectivity index (χ3v) is 5.70. The first-order valence-corrected chi connectivity index (χ1v) is 11.0. The van der Waals surface area contributed by atoms with E-state index in [1.54, 1.807) is 17.0 Å². The van der Waals surface area contributed by atoms with E-state index in [1.807, 2.05) is 39.0 Å². The molecule has 32 heavy (non-hydrogen) atoms. The molecule has 4 rings (SSSR count). The van der Waals surface area contributed by atoms with Gasteiger partial charge in [0.1, 0.15) is 17.7 Å². The highest BCUT2D eigenvalue weighted by Crippen LogP contribution is 2.33. The standard InChI is InChI=1S/C24H26ClFN4O2/c1-24(2,3)32-23(31)30-11-5-6-16(13-30)15-9-10-19-17(12-15)22(28-14-27-19)29-20-8-4-7-18(25)21(20)26/h4,7-10,12,14,16H,5-6,11,13H2,1-3H3,(H,27,28,29)/t16-/m1/s1. The molecule has 0 aliphatic carbocycles. The van der Waals surface area contributed by atoms with Crippen molar-refractivity contribution in [2.24, 2.45) is 0 Å². The van der Waals surface area contributed by atoms with Gasteiger partial charge in [0.05, 0.1) is 16.2 Å².